The molecule has 25 heavy (non-hydrogen) atoms. The van der Waals surface area contributed by atoms with Crippen LogP contribution in [0, 0.1) is 6.92 Å². The normalized spacial score (nSPS) is 16.4. The number of aryl methyl sites for hydroxylation is 1. The molecule has 1 heterocycles. The van der Waals surface area contributed by atoms with Crippen LogP contribution in [0.25, 0.3) is 0 Å². The molecule has 2 aromatic rings. The van der Waals surface area contributed by atoms with E-state index in [1.807, 2.05) is 55.5 Å². The predicted molar refractivity (Wildman–Crippen MR) is 100 cm³/mol. The molecule has 1 aliphatic heterocycles. The second-order valence-electron chi connectivity index (χ2n) is 6.29. The molecule has 132 valence electrons. The van der Waals surface area contributed by atoms with Crippen LogP contribution in [0.4, 0.5) is 0 Å². The number of hydrogen-bond donors (Lipinski definition) is 1. The number of hydrogen-bond acceptors (Lipinski definition) is 3. The van der Waals surface area contributed by atoms with Crippen molar-refractivity contribution >= 4 is 17.5 Å². The van der Waals surface area contributed by atoms with Crippen molar-refractivity contribution in [2.75, 3.05) is 32.8 Å². The molecule has 0 bridgehead atoms. The van der Waals surface area contributed by atoms with Crippen molar-refractivity contribution in [3.8, 4) is 0 Å². The molecular formula is C20H23ClN2O2. The maximum absolute atomic E-state index is 12.5. The molecule has 0 spiro atoms. The lowest BCUT2D eigenvalue weighted by Crippen LogP contribution is -2.43. The SMILES string of the molecule is Cc1ccc(C(=O)NC[C@@H](c2ccc(Cl)cc2)N2CCOCC2)cc1. The monoisotopic (exact) mass is 358 g/mol. The van der Waals surface area contributed by atoms with Gasteiger partial charge in [0, 0.05) is 30.2 Å². The van der Waals surface area contributed by atoms with E-state index in [2.05, 4.69) is 10.2 Å². The molecule has 2 aromatic carbocycles. The van der Waals surface area contributed by atoms with Crippen molar-refractivity contribution in [2.45, 2.75) is 13.0 Å². The number of carbonyl (C=O) groups excluding carboxylic acids is 1. The Balaban J connectivity index is 1.71. The van der Waals surface area contributed by atoms with Crippen LogP contribution in [0.2, 0.25) is 5.02 Å². The van der Waals surface area contributed by atoms with E-state index in [1.165, 1.54) is 0 Å². The second-order valence-corrected chi connectivity index (χ2v) is 6.73. The van der Waals surface area contributed by atoms with Crippen LogP contribution >= 0.6 is 11.6 Å². The van der Waals surface area contributed by atoms with Gasteiger partial charge in [-0.2, -0.15) is 0 Å². The third kappa shape index (κ3) is 4.82. The molecule has 1 N–H and O–H groups in total. The van der Waals surface area contributed by atoms with Crippen molar-refractivity contribution in [1.82, 2.24) is 10.2 Å². The Labute approximate surface area is 153 Å². The van der Waals surface area contributed by atoms with Crippen LogP contribution in [-0.4, -0.2) is 43.7 Å². The first-order chi connectivity index (χ1) is 12.1. The summed E-state index contributed by atoms with van der Waals surface area (Å²) in [5, 5.41) is 3.79. The second kappa shape index (κ2) is 8.48. The number of rotatable bonds is 5. The zero-order valence-electron chi connectivity index (χ0n) is 14.4. The number of nitrogens with one attached hydrogen (secondary N) is 1. The van der Waals surface area contributed by atoms with Gasteiger partial charge in [-0.1, -0.05) is 41.4 Å². The number of carbonyl (C=O) groups is 1. The van der Waals surface area contributed by atoms with Gasteiger partial charge in [-0.05, 0) is 36.8 Å². The number of ether oxygens (including phenoxy) is 1. The third-order valence-electron chi connectivity index (χ3n) is 4.51. The molecule has 0 aromatic heterocycles. The smallest absolute Gasteiger partial charge is 0.251 e. The van der Waals surface area contributed by atoms with Gasteiger partial charge in [0.25, 0.3) is 5.91 Å². The van der Waals surface area contributed by atoms with Gasteiger partial charge in [0.15, 0.2) is 0 Å². The summed E-state index contributed by atoms with van der Waals surface area (Å²) in [5.74, 6) is -0.0489. The Morgan fingerprint density at radius 3 is 2.40 bits per heavy atom. The highest BCUT2D eigenvalue weighted by Gasteiger charge is 2.23. The lowest BCUT2D eigenvalue weighted by molar-refractivity contribution is 0.0162. The molecule has 1 amide bonds. The van der Waals surface area contributed by atoms with E-state index < -0.39 is 0 Å². The predicted octanol–water partition coefficient (Wildman–Crippen LogP) is 3.45. The number of morpholine rings is 1. The molecule has 1 atom stereocenters. The minimum atomic E-state index is -0.0489. The lowest BCUT2D eigenvalue weighted by Gasteiger charge is -2.35. The standard InChI is InChI=1S/C20H23ClN2O2/c1-15-2-4-17(5-3-15)20(24)22-14-19(23-10-12-25-13-11-23)16-6-8-18(21)9-7-16/h2-9,19H,10-14H2,1H3,(H,22,24)/t19-/m0/s1. The maximum Gasteiger partial charge on any atom is 0.251 e. The van der Waals surface area contributed by atoms with E-state index >= 15 is 0 Å². The zero-order valence-corrected chi connectivity index (χ0v) is 15.1. The molecule has 0 aliphatic carbocycles. The van der Waals surface area contributed by atoms with Crippen molar-refractivity contribution in [2.24, 2.45) is 0 Å². The van der Waals surface area contributed by atoms with Crippen LogP contribution in [0.1, 0.15) is 27.5 Å². The Hall–Kier alpha value is -1.88. The van der Waals surface area contributed by atoms with Crippen molar-refractivity contribution in [3.05, 3.63) is 70.2 Å². The van der Waals surface area contributed by atoms with E-state index in [9.17, 15) is 4.79 Å². The highest BCUT2D eigenvalue weighted by atomic mass is 35.5. The zero-order chi connectivity index (χ0) is 17.6. The first kappa shape index (κ1) is 17.9. The number of nitrogens with zero attached hydrogens (tertiary/aromatic N) is 1. The molecular weight excluding hydrogens is 336 g/mol. The molecule has 1 aliphatic rings. The molecule has 0 saturated carbocycles. The van der Waals surface area contributed by atoms with Crippen LogP contribution < -0.4 is 5.32 Å². The first-order valence-electron chi connectivity index (χ1n) is 8.55. The Morgan fingerprint density at radius 1 is 1.12 bits per heavy atom. The average molecular weight is 359 g/mol. The number of amides is 1. The molecule has 0 radical (unpaired) electrons. The summed E-state index contributed by atoms with van der Waals surface area (Å²) in [6.45, 7) is 5.71. The topological polar surface area (TPSA) is 41.6 Å². The summed E-state index contributed by atoms with van der Waals surface area (Å²) in [6.07, 6.45) is 0. The van der Waals surface area contributed by atoms with Gasteiger partial charge in [-0.25, -0.2) is 0 Å². The first-order valence-corrected chi connectivity index (χ1v) is 8.93. The Kier molecular flexibility index (Phi) is 6.08. The third-order valence-corrected chi connectivity index (χ3v) is 4.76. The minimum absolute atomic E-state index is 0.0489. The maximum atomic E-state index is 12.5. The van der Waals surface area contributed by atoms with Crippen LogP contribution in [0.3, 0.4) is 0 Å². The van der Waals surface area contributed by atoms with Crippen molar-refractivity contribution in [1.29, 1.82) is 0 Å². The van der Waals surface area contributed by atoms with Crippen LogP contribution in [-0.2, 0) is 4.74 Å². The fraction of sp³-hybridized carbons (Fsp3) is 0.350. The molecule has 5 heteroatoms. The fourth-order valence-corrected chi connectivity index (χ4v) is 3.15. The van der Waals surface area contributed by atoms with Gasteiger partial charge in [0.05, 0.1) is 19.3 Å². The molecule has 0 unspecified atom stereocenters. The van der Waals surface area contributed by atoms with Crippen molar-refractivity contribution < 1.29 is 9.53 Å². The molecule has 4 nitrogen and oxygen atoms in total. The van der Waals surface area contributed by atoms with Gasteiger partial charge in [-0.15, -0.1) is 0 Å². The lowest BCUT2D eigenvalue weighted by atomic mass is 10.0. The minimum Gasteiger partial charge on any atom is -0.379 e. The summed E-state index contributed by atoms with van der Waals surface area (Å²) >= 11 is 6.02. The van der Waals surface area contributed by atoms with Crippen LogP contribution in [0.15, 0.2) is 48.5 Å². The summed E-state index contributed by atoms with van der Waals surface area (Å²) in [7, 11) is 0. The highest BCUT2D eigenvalue weighted by Crippen LogP contribution is 2.23. The average Bonchev–Trinajstić information content (AvgIpc) is 2.64. The Morgan fingerprint density at radius 2 is 1.76 bits per heavy atom. The van der Waals surface area contributed by atoms with Gasteiger partial charge < -0.3 is 10.1 Å². The number of benzene rings is 2. The van der Waals surface area contributed by atoms with E-state index in [0.29, 0.717) is 17.1 Å². The largest absolute Gasteiger partial charge is 0.379 e. The van der Waals surface area contributed by atoms with E-state index in [1.54, 1.807) is 0 Å². The van der Waals surface area contributed by atoms with E-state index in [0.717, 1.165) is 37.4 Å². The van der Waals surface area contributed by atoms with Gasteiger partial charge in [0.2, 0.25) is 0 Å². The molecule has 1 fully saturated rings. The van der Waals surface area contributed by atoms with Crippen LogP contribution in [0.5, 0.6) is 0 Å². The summed E-state index contributed by atoms with van der Waals surface area (Å²) < 4.78 is 5.46. The number of halogens is 1. The summed E-state index contributed by atoms with van der Waals surface area (Å²) in [5.41, 5.74) is 2.97. The van der Waals surface area contributed by atoms with Gasteiger partial charge in [0.1, 0.15) is 0 Å². The van der Waals surface area contributed by atoms with Gasteiger partial charge >= 0.3 is 0 Å². The quantitative estimate of drug-likeness (QED) is 0.890. The summed E-state index contributed by atoms with van der Waals surface area (Å²) in [4.78, 5) is 14.8. The van der Waals surface area contributed by atoms with E-state index in [-0.39, 0.29) is 11.9 Å². The molecule has 3 rings (SSSR count). The van der Waals surface area contributed by atoms with Crippen molar-refractivity contribution in [3.63, 3.8) is 0 Å². The molecule has 1 saturated heterocycles. The fourth-order valence-electron chi connectivity index (χ4n) is 3.03. The highest BCUT2D eigenvalue weighted by molar-refractivity contribution is 6.30. The summed E-state index contributed by atoms with van der Waals surface area (Å²) in [6, 6.07) is 15.6. The Bertz CT molecular complexity index is 695. The van der Waals surface area contributed by atoms with E-state index in [4.69, 9.17) is 16.3 Å². The van der Waals surface area contributed by atoms with Gasteiger partial charge in [-0.3, -0.25) is 9.69 Å².